The number of alkyl halides is 1. The second kappa shape index (κ2) is 15.2. The average Bonchev–Trinajstić information content (AvgIpc) is 3.22. The molecule has 1 aliphatic rings. The molecular formula is C28H35BrFN3O11. The number of carbonyl (C=O) groups is 4. The Balaban J connectivity index is 0.00000675. The van der Waals surface area contributed by atoms with Crippen LogP contribution in [-0.2, 0) is 44.8 Å². The van der Waals surface area contributed by atoms with Gasteiger partial charge in [0.05, 0.1) is 23.3 Å². The number of pyridine rings is 1. The minimum Gasteiger partial charge on any atom is -0.459 e. The van der Waals surface area contributed by atoms with Gasteiger partial charge in [-0.1, -0.05) is 41.5 Å². The van der Waals surface area contributed by atoms with E-state index in [-0.39, 0.29) is 22.5 Å². The highest BCUT2D eigenvalue weighted by molar-refractivity contribution is 8.93. The van der Waals surface area contributed by atoms with Gasteiger partial charge in [-0.2, -0.15) is 0 Å². The maximum absolute atomic E-state index is 16.6. The van der Waals surface area contributed by atoms with Crippen molar-refractivity contribution in [1.29, 1.82) is 0 Å². The molecule has 16 heteroatoms. The van der Waals surface area contributed by atoms with Gasteiger partial charge in [0, 0.05) is 24.7 Å². The summed E-state index contributed by atoms with van der Waals surface area (Å²) in [5.41, 5.74) is -1.96. The summed E-state index contributed by atoms with van der Waals surface area (Å²) < 4.78 is 44.4. The van der Waals surface area contributed by atoms with E-state index < -0.39 is 90.5 Å². The van der Waals surface area contributed by atoms with Crippen molar-refractivity contribution in [2.24, 2.45) is 17.8 Å². The van der Waals surface area contributed by atoms with E-state index in [1.54, 1.807) is 0 Å². The van der Waals surface area contributed by atoms with Crippen molar-refractivity contribution < 1.29 is 47.3 Å². The van der Waals surface area contributed by atoms with E-state index in [0.29, 0.717) is 4.57 Å². The molecule has 0 amide bonds. The zero-order chi connectivity index (χ0) is 32.1. The number of carbonyl (C=O) groups excluding carboxylic acids is 4. The Kier molecular flexibility index (Phi) is 12.5. The Morgan fingerprint density at radius 2 is 1.57 bits per heavy atom. The maximum Gasteiger partial charge on any atom is 0.341 e. The van der Waals surface area contributed by atoms with Crippen molar-refractivity contribution in [2.45, 2.75) is 72.6 Å². The molecule has 0 saturated carbocycles. The molecule has 0 aliphatic carbocycles. The van der Waals surface area contributed by atoms with Crippen LogP contribution in [0.5, 0.6) is 0 Å². The van der Waals surface area contributed by atoms with Crippen LogP contribution in [-0.4, -0.2) is 62.7 Å². The smallest absolute Gasteiger partial charge is 0.341 e. The lowest BCUT2D eigenvalue weighted by Gasteiger charge is -2.28. The lowest BCUT2D eigenvalue weighted by Crippen LogP contribution is -2.49. The van der Waals surface area contributed by atoms with Crippen molar-refractivity contribution in [1.82, 2.24) is 14.1 Å². The van der Waals surface area contributed by atoms with Crippen molar-refractivity contribution in [3.63, 3.8) is 0 Å². The number of hydrogen-bond donors (Lipinski definition) is 0. The highest BCUT2D eigenvalue weighted by atomic mass is 79.9. The quantitative estimate of drug-likeness (QED) is 0.250. The molecule has 0 aromatic carbocycles. The number of hydrogen-bond acceptors (Lipinski definition) is 12. The van der Waals surface area contributed by atoms with Crippen molar-refractivity contribution in [3.8, 4) is 0 Å². The van der Waals surface area contributed by atoms with E-state index in [2.05, 4.69) is 4.98 Å². The maximum atomic E-state index is 16.6. The van der Waals surface area contributed by atoms with Gasteiger partial charge in [0.1, 0.15) is 0 Å². The van der Waals surface area contributed by atoms with Crippen LogP contribution < -0.4 is 11.2 Å². The number of nitrogens with zero attached hydrogens (tertiary/aromatic N) is 3. The summed E-state index contributed by atoms with van der Waals surface area (Å²) in [5, 5.41) is 0. The Morgan fingerprint density at radius 1 is 0.955 bits per heavy atom. The molecule has 2 aromatic heterocycles. The summed E-state index contributed by atoms with van der Waals surface area (Å²) in [5.74, 6) is -8.63. The summed E-state index contributed by atoms with van der Waals surface area (Å²) in [6, 6.07) is 3.81. The molecule has 0 radical (unpaired) electrons. The second-order valence-electron chi connectivity index (χ2n) is 10.7. The first kappa shape index (κ1) is 36.3. The average molecular weight is 689 g/mol. The molecule has 242 valence electrons. The first-order chi connectivity index (χ1) is 20.2. The number of esters is 4. The van der Waals surface area contributed by atoms with Gasteiger partial charge in [0.25, 0.3) is 11.4 Å². The number of rotatable bonds is 11. The van der Waals surface area contributed by atoms with Gasteiger partial charge in [-0.05, 0) is 12.1 Å². The summed E-state index contributed by atoms with van der Waals surface area (Å²) in [4.78, 5) is 79.7. The summed E-state index contributed by atoms with van der Waals surface area (Å²) in [7, 11) is 0. The van der Waals surface area contributed by atoms with Gasteiger partial charge in [-0.25, -0.2) is 18.5 Å². The van der Waals surface area contributed by atoms with Gasteiger partial charge in [0.2, 0.25) is 6.10 Å². The Morgan fingerprint density at radius 3 is 2.14 bits per heavy atom. The van der Waals surface area contributed by atoms with E-state index in [9.17, 15) is 28.8 Å². The third kappa shape index (κ3) is 8.37. The van der Waals surface area contributed by atoms with E-state index in [1.807, 2.05) is 0 Å². The SMILES string of the molecule is Br.CC(C)C(=O)OC[C@@]1(F)O[C@@H](n2ccc(=O)n(COC(=O)c3cccnc3)c2=O)[C@H](OC(=O)C(C)C)[C@@H]1OC(=O)C(C)C. The molecule has 1 saturated heterocycles. The minimum atomic E-state index is -3.09. The van der Waals surface area contributed by atoms with Gasteiger partial charge in [-0.3, -0.25) is 28.7 Å². The molecular weight excluding hydrogens is 653 g/mol. The third-order valence-electron chi connectivity index (χ3n) is 6.23. The van der Waals surface area contributed by atoms with Gasteiger partial charge >= 0.3 is 29.6 Å². The topological polar surface area (TPSA) is 171 Å². The molecule has 14 nitrogen and oxygen atoms in total. The Bertz CT molecular complexity index is 1460. The monoisotopic (exact) mass is 687 g/mol. The van der Waals surface area contributed by atoms with E-state index in [0.717, 1.165) is 16.8 Å². The number of aromatic nitrogens is 3. The molecule has 2 aromatic rings. The first-order valence-electron chi connectivity index (χ1n) is 13.5. The molecule has 44 heavy (non-hydrogen) atoms. The largest absolute Gasteiger partial charge is 0.459 e. The van der Waals surface area contributed by atoms with Crippen LogP contribution in [0.3, 0.4) is 0 Å². The zero-order valence-electron chi connectivity index (χ0n) is 25.0. The predicted octanol–water partition coefficient (Wildman–Crippen LogP) is 2.33. The van der Waals surface area contributed by atoms with E-state index in [1.165, 1.54) is 66.1 Å². The van der Waals surface area contributed by atoms with Crippen LogP contribution in [0.4, 0.5) is 4.39 Å². The highest BCUT2D eigenvalue weighted by Crippen LogP contribution is 2.42. The van der Waals surface area contributed by atoms with E-state index >= 15 is 4.39 Å². The van der Waals surface area contributed by atoms with E-state index in [4.69, 9.17) is 23.7 Å². The second-order valence-corrected chi connectivity index (χ2v) is 10.7. The zero-order valence-corrected chi connectivity index (χ0v) is 26.7. The molecule has 0 bridgehead atoms. The predicted molar refractivity (Wildman–Crippen MR) is 154 cm³/mol. The van der Waals surface area contributed by atoms with Crippen LogP contribution >= 0.6 is 17.0 Å². The fraction of sp³-hybridized carbons (Fsp3) is 0.536. The standard InChI is InChI=1S/C28H34FN3O11.BrH/c1-15(2)23(34)39-13-28(29)21(42-25(36)17(5)6)20(41-24(35)16(3)4)22(43-28)31-11-9-19(33)32(27(31)38)14-40-26(37)18-8-7-10-30-12-18;/h7-12,15-17,20-22H,13-14H2,1-6H3;1H/t20-,21+,22-,28-;/m1./s1. The third-order valence-corrected chi connectivity index (χ3v) is 6.23. The molecule has 3 rings (SSSR count). The van der Waals surface area contributed by atoms with Crippen molar-refractivity contribution >= 4 is 40.9 Å². The van der Waals surface area contributed by atoms with Crippen LogP contribution in [0.2, 0.25) is 0 Å². The molecule has 0 unspecified atom stereocenters. The number of ether oxygens (including phenoxy) is 5. The van der Waals surface area contributed by atoms with Crippen LogP contribution in [0, 0.1) is 17.8 Å². The Hall–Kier alpha value is -3.92. The number of halogens is 2. The van der Waals surface area contributed by atoms with Gasteiger partial charge in [0.15, 0.2) is 25.7 Å². The van der Waals surface area contributed by atoms with Gasteiger partial charge in [-0.15, -0.1) is 17.0 Å². The van der Waals surface area contributed by atoms with Crippen LogP contribution in [0.25, 0.3) is 0 Å². The van der Waals surface area contributed by atoms with Crippen molar-refractivity contribution in [2.75, 3.05) is 6.61 Å². The fourth-order valence-corrected chi connectivity index (χ4v) is 3.74. The van der Waals surface area contributed by atoms with Crippen molar-refractivity contribution in [3.05, 3.63) is 63.2 Å². The summed E-state index contributed by atoms with van der Waals surface area (Å²) >= 11 is 0. The minimum absolute atomic E-state index is 0. The highest BCUT2D eigenvalue weighted by Gasteiger charge is 2.62. The molecule has 4 atom stereocenters. The van der Waals surface area contributed by atoms with Crippen LogP contribution in [0.1, 0.15) is 58.1 Å². The summed E-state index contributed by atoms with van der Waals surface area (Å²) in [6.45, 7) is 7.07. The summed E-state index contributed by atoms with van der Waals surface area (Å²) in [6.07, 6.45) is -1.98. The molecule has 0 spiro atoms. The Labute approximate surface area is 262 Å². The van der Waals surface area contributed by atoms with Crippen LogP contribution in [0.15, 0.2) is 46.4 Å². The molecule has 3 heterocycles. The molecule has 1 fully saturated rings. The van der Waals surface area contributed by atoms with Gasteiger partial charge < -0.3 is 23.7 Å². The lowest BCUT2D eigenvalue weighted by molar-refractivity contribution is -0.226. The molecule has 0 N–H and O–H groups in total. The molecule has 1 aliphatic heterocycles. The fourth-order valence-electron chi connectivity index (χ4n) is 3.74. The first-order valence-corrected chi connectivity index (χ1v) is 13.5. The lowest BCUT2D eigenvalue weighted by atomic mass is 10.1. The normalized spacial score (nSPS) is 21.1.